The maximum atomic E-state index is 13.3. The molecule has 33 heavy (non-hydrogen) atoms. The summed E-state index contributed by atoms with van der Waals surface area (Å²) in [6.45, 7) is 5.78. The third-order valence-electron chi connectivity index (χ3n) is 5.63. The number of benzene rings is 2. The molecule has 180 valence electrons. The van der Waals surface area contributed by atoms with Crippen LogP contribution in [0.2, 0.25) is 10.0 Å². The van der Waals surface area contributed by atoms with Crippen LogP contribution in [0.15, 0.2) is 36.4 Å². The number of aryl methyl sites for hydroxylation is 1. The van der Waals surface area contributed by atoms with Crippen LogP contribution in [0.25, 0.3) is 0 Å². The summed E-state index contributed by atoms with van der Waals surface area (Å²) in [4.78, 5) is 27.7. The second-order valence-electron chi connectivity index (χ2n) is 7.91. The average Bonchev–Trinajstić information content (AvgIpc) is 2.81. The van der Waals surface area contributed by atoms with E-state index in [2.05, 4.69) is 5.32 Å². The van der Waals surface area contributed by atoms with Crippen molar-refractivity contribution in [2.75, 3.05) is 14.2 Å². The molecule has 2 aromatic carbocycles. The van der Waals surface area contributed by atoms with Gasteiger partial charge in [-0.05, 0) is 56.5 Å². The molecule has 0 radical (unpaired) electrons. The van der Waals surface area contributed by atoms with Crippen molar-refractivity contribution in [3.8, 4) is 11.5 Å². The van der Waals surface area contributed by atoms with Gasteiger partial charge in [0.25, 0.3) is 0 Å². The van der Waals surface area contributed by atoms with E-state index in [0.29, 0.717) is 33.5 Å². The van der Waals surface area contributed by atoms with Crippen molar-refractivity contribution >= 4 is 35.0 Å². The number of rotatable bonds is 11. The quantitative estimate of drug-likeness (QED) is 0.461. The molecule has 2 atom stereocenters. The summed E-state index contributed by atoms with van der Waals surface area (Å²) in [5.74, 6) is 0.834. The molecule has 0 saturated carbocycles. The van der Waals surface area contributed by atoms with Gasteiger partial charge in [-0.25, -0.2) is 0 Å². The average molecular weight is 495 g/mol. The van der Waals surface area contributed by atoms with Gasteiger partial charge in [0.05, 0.1) is 14.2 Å². The molecule has 8 heteroatoms. The summed E-state index contributed by atoms with van der Waals surface area (Å²) in [7, 11) is 3.14. The Hall–Kier alpha value is -2.44. The second-order valence-corrected chi connectivity index (χ2v) is 8.72. The molecule has 0 aliphatic heterocycles. The van der Waals surface area contributed by atoms with Crippen LogP contribution in [0, 0.1) is 0 Å². The van der Waals surface area contributed by atoms with Crippen molar-refractivity contribution in [3.63, 3.8) is 0 Å². The summed E-state index contributed by atoms with van der Waals surface area (Å²) in [5.41, 5.74) is 1.54. The molecule has 0 fully saturated rings. The number of hydrogen-bond acceptors (Lipinski definition) is 4. The molecular weight excluding hydrogens is 463 g/mol. The Morgan fingerprint density at radius 2 is 1.67 bits per heavy atom. The number of methoxy groups -OCH3 is 2. The Bertz CT molecular complexity index is 947. The molecule has 0 aliphatic rings. The zero-order valence-electron chi connectivity index (χ0n) is 19.8. The van der Waals surface area contributed by atoms with E-state index in [4.69, 9.17) is 32.7 Å². The highest BCUT2D eigenvalue weighted by molar-refractivity contribution is 6.36. The first-order chi connectivity index (χ1) is 15.7. The highest BCUT2D eigenvalue weighted by Crippen LogP contribution is 2.29. The van der Waals surface area contributed by atoms with E-state index in [-0.39, 0.29) is 30.8 Å². The summed E-state index contributed by atoms with van der Waals surface area (Å²) < 4.78 is 10.6. The Kier molecular flexibility index (Phi) is 10.3. The first kappa shape index (κ1) is 26.8. The minimum absolute atomic E-state index is 0.00701. The predicted molar refractivity (Wildman–Crippen MR) is 132 cm³/mol. The molecule has 2 unspecified atom stereocenters. The topological polar surface area (TPSA) is 67.9 Å². The first-order valence-electron chi connectivity index (χ1n) is 10.9. The van der Waals surface area contributed by atoms with E-state index in [0.717, 1.165) is 12.0 Å². The molecule has 0 saturated heterocycles. The number of halogens is 2. The lowest BCUT2D eigenvalue weighted by atomic mass is 10.1. The molecule has 0 heterocycles. The van der Waals surface area contributed by atoms with Crippen molar-refractivity contribution in [1.82, 2.24) is 10.2 Å². The van der Waals surface area contributed by atoms with Crippen LogP contribution in [0.3, 0.4) is 0 Å². The molecule has 0 bridgehead atoms. The number of hydrogen-bond donors (Lipinski definition) is 1. The molecule has 2 rings (SSSR count). The van der Waals surface area contributed by atoms with E-state index in [1.54, 1.807) is 39.3 Å². The summed E-state index contributed by atoms with van der Waals surface area (Å²) in [6, 6.07) is 10.1. The van der Waals surface area contributed by atoms with E-state index in [1.807, 2.05) is 32.0 Å². The van der Waals surface area contributed by atoms with Crippen molar-refractivity contribution in [2.24, 2.45) is 0 Å². The minimum Gasteiger partial charge on any atom is -0.493 e. The van der Waals surface area contributed by atoms with Crippen LogP contribution in [-0.2, 0) is 22.6 Å². The van der Waals surface area contributed by atoms with Crippen LogP contribution in [-0.4, -0.2) is 43.0 Å². The van der Waals surface area contributed by atoms with Gasteiger partial charge in [0, 0.05) is 34.6 Å². The number of nitrogens with one attached hydrogen (secondary N) is 1. The maximum absolute atomic E-state index is 13.3. The third-order valence-corrected chi connectivity index (χ3v) is 6.34. The molecule has 0 spiro atoms. The molecule has 2 aromatic rings. The fourth-order valence-corrected chi connectivity index (χ4v) is 3.85. The Morgan fingerprint density at radius 1 is 1.03 bits per heavy atom. The van der Waals surface area contributed by atoms with Gasteiger partial charge in [-0.1, -0.05) is 42.3 Å². The molecule has 6 nitrogen and oxygen atoms in total. The third kappa shape index (κ3) is 7.27. The van der Waals surface area contributed by atoms with Gasteiger partial charge in [-0.3, -0.25) is 9.59 Å². The van der Waals surface area contributed by atoms with Gasteiger partial charge >= 0.3 is 0 Å². The summed E-state index contributed by atoms with van der Waals surface area (Å²) >= 11 is 12.7. The van der Waals surface area contributed by atoms with Crippen molar-refractivity contribution in [1.29, 1.82) is 0 Å². The normalized spacial score (nSPS) is 12.6. The standard InChI is InChI=1S/C25H32Cl2N2O4/c1-6-16(2)28-25(31)17(3)29(15-19-20(26)8-7-9-21(19)27)24(30)13-11-18-10-12-22(32-4)23(14-18)33-5/h7-10,12,14,16-17H,6,11,13,15H2,1-5H3,(H,28,31). The summed E-state index contributed by atoms with van der Waals surface area (Å²) in [5, 5.41) is 3.86. The highest BCUT2D eigenvalue weighted by Gasteiger charge is 2.28. The van der Waals surface area contributed by atoms with Crippen molar-refractivity contribution in [3.05, 3.63) is 57.6 Å². The number of amides is 2. The lowest BCUT2D eigenvalue weighted by Crippen LogP contribution is -2.49. The van der Waals surface area contributed by atoms with Gasteiger partial charge in [0.1, 0.15) is 6.04 Å². The van der Waals surface area contributed by atoms with E-state index in [9.17, 15) is 9.59 Å². The van der Waals surface area contributed by atoms with Gasteiger partial charge in [-0.15, -0.1) is 0 Å². The smallest absolute Gasteiger partial charge is 0.242 e. The minimum atomic E-state index is -0.691. The number of carbonyl (C=O) groups excluding carboxylic acids is 2. The van der Waals surface area contributed by atoms with Crippen LogP contribution < -0.4 is 14.8 Å². The van der Waals surface area contributed by atoms with E-state index in [1.165, 1.54) is 4.90 Å². The number of ether oxygens (including phenoxy) is 2. The van der Waals surface area contributed by atoms with Crippen molar-refractivity contribution in [2.45, 2.75) is 58.7 Å². The van der Waals surface area contributed by atoms with Gasteiger partial charge in [0.15, 0.2) is 11.5 Å². The Balaban J connectivity index is 2.24. The van der Waals surface area contributed by atoms with Crippen LogP contribution in [0.4, 0.5) is 0 Å². The largest absolute Gasteiger partial charge is 0.493 e. The highest BCUT2D eigenvalue weighted by atomic mass is 35.5. The Morgan fingerprint density at radius 3 is 2.24 bits per heavy atom. The second kappa shape index (κ2) is 12.7. The molecule has 0 aromatic heterocycles. The lowest BCUT2D eigenvalue weighted by Gasteiger charge is -2.30. The Labute approximate surface area is 206 Å². The van der Waals surface area contributed by atoms with Crippen LogP contribution in [0.5, 0.6) is 11.5 Å². The molecular formula is C25H32Cl2N2O4. The first-order valence-corrected chi connectivity index (χ1v) is 11.7. The zero-order valence-corrected chi connectivity index (χ0v) is 21.3. The molecule has 2 amide bonds. The van der Waals surface area contributed by atoms with Gasteiger partial charge in [0.2, 0.25) is 11.8 Å². The number of nitrogens with zero attached hydrogens (tertiary/aromatic N) is 1. The fraction of sp³-hybridized carbons (Fsp3) is 0.440. The molecule has 0 aliphatic carbocycles. The summed E-state index contributed by atoms with van der Waals surface area (Å²) in [6.07, 6.45) is 1.48. The monoisotopic (exact) mass is 494 g/mol. The molecule has 1 N–H and O–H groups in total. The maximum Gasteiger partial charge on any atom is 0.242 e. The van der Waals surface area contributed by atoms with E-state index < -0.39 is 6.04 Å². The predicted octanol–water partition coefficient (Wildman–Crippen LogP) is 5.28. The van der Waals surface area contributed by atoms with Gasteiger partial charge < -0.3 is 19.7 Å². The van der Waals surface area contributed by atoms with E-state index >= 15 is 0 Å². The fourth-order valence-electron chi connectivity index (χ4n) is 3.33. The number of carbonyl (C=O) groups is 2. The SMILES string of the molecule is CCC(C)NC(=O)C(C)N(Cc1c(Cl)cccc1Cl)C(=O)CCc1ccc(OC)c(OC)c1. The van der Waals surface area contributed by atoms with Crippen molar-refractivity contribution < 1.29 is 19.1 Å². The van der Waals surface area contributed by atoms with Crippen LogP contribution in [0.1, 0.15) is 44.7 Å². The zero-order chi connectivity index (χ0) is 24.5. The lowest BCUT2D eigenvalue weighted by molar-refractivity contribution is -0.140. The van der Waals surface area contributed by atoms with Gasteiger partial charge in [-0.2, -0.15) is 0 Å². The van der Waals surface area contributed by atoms with Crippen LogP contribution >= 0.6 is 23.2 Å².